The summed E-state index contributed by atoms with van der Waals surface area (Å²) in [4.78, 5) is 24.8. The van der Waals surface area contributed by atoms with Crippen LogP contribution < -0.4 is 10.7 Å². The lowest BCUT2D eigenvalue weighted by atomic mass is 10.1. The SMILES string of the molecule is CC(=NNC(=O)c1cccc(NC(=O)c2ccccc2Cl)c1)c1ccc(F)cc1. The highest BCUT2D eigenvalue weighted by atomic mass is 35.5. The second-order valence-electron chi connectivity index (χ2n) is 6.16. The number of benzene rings is 3. The Morgan fingerprint density at radius 2 is 1.62 bits per heavy atom. The molecule has 0 aliphatic carbocycles. The summed E-state index contributed by atoms with van der Waals surface area (Å²) in [6, 6.07) is 18.9. The van der Waals surface area contributed by atoms with Gasteiger partial charge in [0.15, 0.2) is 0 Å². The molecule has 0 bridgehead atoms. The van der Waals surface area contributed by atoms with Crippen molar-refractivity contribution in [3.05, 3.63) is 100 Å². The van der Waals surface area contributed by atoms with E-state index in [4.69, 9.17) is 11.6 Å². The van der Waals surface area contributed by atoms with Crippen LogP contribution in [0.4, 0.5) is 10.1 Å². The van der Waals surface area contributed by atoms with Gasteiger partial charge in [0.1, 0.15) is 5.82 Å². The van der Waals surface area contributed by atoms with Crippen LogP contribution in [0, 0.1) is 5.82 Å². The number of rotatable bonds is 5. The highest BCUT2D eigenvalue weighted by molar-refractivity contribution is 6.34. The average molecular weight is 410 g/mol. The Morgan fingerprint density at radius 1 is 0.897 bits per heavy atom. The van der Waals surface area contributed by atoms with Crippen molar-refractivity contribution >= 4 is 34.8 Å². The zero-order valence-corrected chi connectivity index (χ0v) is 16.2. The largest absolute Gasteiger partial charge is 0.322 e. The molecule has 0 radical (unpaired) electrons. The summed E-state index contributed by atoms with van der Waals surface area (Å²) in [5.41, 5.74) is 4.77. The molecule has 2 N–H and O–H groups in total. The van der Waals surface area contributed by atoms with E-state index >= 15 is 0 Å². The van der Waals surface area contributed by atoms with Gasteiger partial charge in [-0.25, -0.2) is 9.82 Å². The van der Waals surface area contributed by atoms with E-state index in [0.717, 1.165) is 0 Å². The molecular formula is C22H17ClFN3O2. The topological polar surface area (TPSA) is 70.6 Å². The molecule has 2 amide bonds. The Balaban J connectivity index is 1.69. The third-order valence-electron chi connectivity index (χ3n) is 4.09. The van der Waals surface area contributed by atoms with Crippen LogP contribution in [0.5, 0.6) is 0 Å². The van der Waals surface area contributed by atoms with E-state index in [1.807, 2.05) is 0 Å². The minimum Gasteiger partial charge on any atom is -0.322 e. The molecule has 0 heterocycles. The van der Waals surface area contributed by atoms with Crippen molar-refractivity contribution in [1.82, 2.24) is 5.43 Å². The third-order valence-corrected chi connectivity index (χ3v) is 4.42. The van der Waals surface area contributed by atoms with Gasteiger partial charge in [0.05, 0.1) is 16.3 Å². The fourth-order valence-electron chi connectivity index (χ4n) is 2.54. The summed E-state index contributed by atoms with van der Waals surface area (Å²) >= 11 is 6.04. The zero-order valence-electron chi connectivity index (χ0n) is 15.4. The van der Waals surface area contributed by atoms with Crippen molar-refractivity contribution in [1.29, 1.82) is 0 Å². The van der Waals surface area contributed by atoms with Gasteiger partial charge in [-0.2, -0.15) is 5.10 Å². The van der Waals surface area contributed by atoms with Crippen molar-refractivity contribution in [2.24, 2.45) is 5.10 Å². The van der Waals surface area contributed by atoms with E-state index in [1.165, 1.54) is 18.2 Å². The number of carbonyl (C=O) groups is 2. The van der Waals surface area contributed by atoms with E-state index in [1.54, 1.807) is 61.5 Å². The number of anilines is 1. The average Bonchev–Trinajstić information content (AvgIpc) is 2.72. The first-order chi connectivity index (χ1) is 13.9. The van der Waals surface area contributed by atoms with E-state index < -0.39 is 5.91 Å². The van der Waals surface area contributed by atoms with Gasteiger partial charge in [0.2, 0.25) is 0 Å². The zero-order chi connectivity index (χ0) is 20.8. The normalized spacial score (nSPS) is 11.1. The van der Waals surface area contributed by atoms with Crippen LogP contribution in [-0.2, 0) is 0 Å². The number of hydrogen-bond donors (Lipinski definition) is 2. The van der Waals surface area contributed by atoms with Crippen molar-refractivity contribution in [3.8, 4) is 0 Å². The number of hydrazone groups is 1. The molecule has 7 heteroatoms. The molecule has 0 saturated heterocycles. The molecule has 0 atom stereocenters. The standard InChI is InChI=1S/C22H17ClFN3O2/c1-14(15-9-11-17(24)12-10-15)26-27-21(28)16-5-4-6-18(13-16)25-22(29)19-7-2-3-8-20(19)23/h2-13H,1H3,(H,25,29)(H,27,28). The van der Waals surface area contributed by atoms with Gasteiger partial charge < -0.3 is 5.32 Å². The van der Waals surface area contributed by atoms with E-state index in [9.17, 15) is 14.0 Å². The van der Waals surface area contributed by atoms with E-state index in [-0.39, 0.29) is 11.7 Å². The minimum atomic E-state index is -0.444. The number of amides is 2. The molecule has 0 aliphatic rings. The quantitative estimate of drug-likeness (QED) is 0.465. The summed E-state index contributed by atoms with van der Waals surface area (Å²) in [6.07, 6.45) is 0. The lowest BCUT2D eigenvalue weighted by Gasteiger charge is -2.08. The fraction of sp³-hybridized carbons (Fsp3) is 0.0455. The van der Waals surface area contributed by atoms with Crippen LogP contribution in [0.3, 0.4) is 0 Å². The molecular weight excluding hydrogens is 393 g/mol. The summed E-state index contributed by atoms with van der Waals surface area (Å²) < 4.78 is 13.0. The maximum absolute atomic E-state index is 13.0. The summed E-state index contributed by atoms with van der Waals surface area (Å²) in [5.74, 6) is -1.17. The monoisotopic (exact) mass is 409 g/mol. The first-order valence-corrected chi connectivity index (χ1v) is 9.08. The van der Waals surface area contributed by atoms with Crippen LogP contribution in [0.25, 0.3) is 0 Å². The smallest absolute Gasteiger partial charge is 0.271 e. The van der Waals surface area contributed by atoms with Crippen LogP contribution in [-0.4, -0.2) is 17.5 Å². The van der Waals surface area contributed by atoms with E-state index in [0.29, 0.717) is 33.1 Å². The highest BCUT2D eigenvalue weighted by Crippen LogP contribution is 2.18. The van der Waals surface area contributed by atoms with Gasteiger partial charge in [-0.3, -0.25) is 9.59 Å². The van der Waals surface area contributed by atoms with Crippen LogP contribution >= 0.6 is 11.6 Å². The van der Waals surface area contributed by atoms with Gasteiger partial charge >= 0.3 is 0 Å². The van der Waals surface area contributed by atoms with Crippen LogP contribution in [0.15, 0.2) is 77.9 Å². The van der Waals surface area contributed by atoms with Gasteiger partial charge in [-0.1, -0.05) is 41.9 Å². The Kier molecular flexibility index (Phi) is 6.36. The van der Waals surface area contributed by atoms with Crippen molar-refractivity contribution in [2.75, 3.05) is 5.32 Å². The highest BCUT2D eigenvalue weighted by Gasteiger charge is 2.11. The van der Waals surface area contributed by atoms with Gasteiger partial charge in [-0.15, -0.1) is 0 Å². The molecule has 0 aromatic heterocycles. The lowest BCUT2D eigenvalue weighted by Crippen LogP contribution is -2.20. The number of hydrogen-bond acceptors (Lipinski definition) is 3. The lowest BCUT2D eigenvalue weighted by molar-refractivity contribution is 0.0953. The van der Waals surface area contributed by atoms with Gasteiger partial charge in [-0.05, 0) is 55.0 Å². The van der Waals surface area contributed by atoms with Crippen molar-refractivity contribution < 1.29 is 14.0 Å². The molecule has 3 aromatic carbocycles. The Hall–Kier alpha value is -3.51. The van der Waals surface area contributed by atoms with Crippen LogP contribution in [0.1, 0.15) is 33.2 Å². The predicted octanol–water partition coefficient (Wildman–Crippen LogP) is 4.89. The minimum absolute atomic E-state index is 0.317. The first kappa shape index (κ1) is 20.2. The first-order valence-electron chi connectivity index (χ1n) is 8.70. The maximum Gasteiger partial charge on any atom is 0.271 e. The number of carbonyl (C=O) groups excluding carboxylic acids is 2. The molecule has 0 spiro atoms. The Morgan fingerprint density at radius 3 is 2.34 bits per heavy atom. The number of halogens is 2. The second-order valence-corrected chi connectivity index (χ2v) is 6.57. The maximum atomic E-state index is 13.0. The predicted molar refractivity (Wildman–Crippen MR) is 112 cm³/mol. The molecule has 0 aliphatic heterocycles. The fourth-order valence-corrected chi connectivity index (χ4v) is 2.76. The molecule has 29 heavy (non-hydrogen) atoms. The molecule has 0 unspecified atom stereocenters. The third kappa shape index (κ3) is 5.27. The van der Waals surface area contributed by atoms with Crippen LogP contribution in [0.2, 0.25) is 5.02 Å². The molecule has 146 valence electrons. The van der Waals surface area contributed by atoms with Gasteiger partial charge in [0.25, 0.3) is 11.8 Å². The summed E-state index contributed by atoms with van der Waals surface area (Å²) in [6.45, 7) is 1.70. The number of nitrogens with one attached hydrogen (secondary N) is 2. The number of nitrogens with zero attached hydrogens (tertiary/aromatic N) is 1. The van der Waals surface area contributed by atoms with Gasteiger partial charge in [0, 0.05) is 11.3 Å². The molecule has 3 aromatic rings. The Labute approximate surface area is 172 Å². The molecule has 5 nitrogen and oxygen atoms in total. The van der Waals surface area contributed by atoms with Crippen molar-refractivity contribution in [3.63, 3.8) is 0 Å². The van der Waals surface area contributed by atoms with Crippen molar-refractivity contribution in [2.45, 2.75) is 6.92 Å². The Bertz CT molecular complexity index is 1080. The molecule has 3 rings (SSSR count). The molecule has 0 saturated carbocycles. The summed E-state index contributed by atoms with van der Waals surface area (Å²) in [7, 11) is 0. The molecule has 0 fully saturated rings. The summed E-state index contributed by atoms with van der Waals surface area (Å²) in [5, 5.41) is 7.09. The van der Waals surface area contributed by atoms with E-state index in [2.05, 4.69) is 15.8 Å². The second kappa shape index (κ2) is 9.12.